The summed E-state index contributed by atoms with van der Waals surface area (Å²) in [6, 6.07) is 68.0. The van der Waals surface area contributed by atoms with E-state index < -0.39 is 0 Å². The maximum atomic E-state index is 2.43. The first-order valence-electron chi connectivity index (χ1n) is 16.4. The highest BCUT2D eigenvalue weighted by Crippen LogP contribution is 2.49. The van der Waals surface area contributed by atoms with E-state index in [0.717, 1.165) is 11.4 Å². The number of nitrogens with zero attached hydrogens (tertiary/aromatic N) is 1. The Morgan fingerprint density at radius 3 is 1.42 bits per heavy atom. The molecule has 9 rings (SSSR count). The minimum absolute atomic E-state index is 1.12. The maximum Gasteiger partial charge on any atom is 0.0555 e. The molecule has 0 aliphatic heterocycles. The van der Waals surface area contributed by atoms with E-state index in [9.17, 15) is 0 Å². The summed E-state index contributed by atoms with van der Waals surface area (Å²) >= 11 is 1.91. The molecule has 0 atom stereocenters. The molecule has 0 saturated carbocycles. The van der Waals surface area contributed by atoms with Gasteiger partial charge in [-0.1, -0.05) is 158 Å². The van der Waals surface area contributed by atoms with Crippen molar-refractivity contribution in [1.82, 2.24) is 0 Å². The highest BCUT2D eigenvalue weighted by molar-refractivity contribution is 7.27. The quantitative estimate of drug-likeness (QED) is 0.177. The summed E-state index contributed by atoms with van der Waals surface area (Å²) in [6.45, 7) is 0. The van der Waals surface area contributed by atoms with Crippen molar-refractivity contribution in [2.24, 2.45) is 0 Å². The number of fused-ring (bicyclic) bond motifs is 5. The summed E-state index contributed by atoms with van der Waals surface area (Å²) in [6.07, 6.45) is 0. The summed E-state index contributed by atoms with van der Waals surface area (Å²) in [5, 5.41) is 5.13. The van der Waals surface area contributed by atoms with E-state index in [4.69, 9.17) is 0 Å². The van der Waals surface area contributed by atoms with E-state index >= 15 is 0 Å². The highest BCUT2D eigenvalue weighted by Gasteiger charge is 2.22. The molecule has 9 aromatic rings. The molecule has 2 heteroatoms. The van der Waals surface area contributed by atoms with Crippen LogP contribution < -0.4 is 4.90 Å². The molecule has 1 heterocycles. The van der Waals surface area contributed by atoms with Crippen LogP contribution in [0.3, 0.4) is 0 Å². The Morgan fingerprint density at radius 1 is 0.333 bits per heavy atom. The van der Waals surface area contributed by atoms with E-state index in [1.54, 1.807) is 0 Å². The van der Waals surface area contributed by atoms with E-state index in [-0.39, 0.29) is 0 Å². The van der Waals surface area contributed by atoms with Crippen LogP contribution in [0.5, 0.6) is 0 Å². The molecule has 226 valence electrons. The largest absolute Gasteiger partial charge is 0.310 e. The topological polar surface area (TPSA) is 3.24 Å². The third-order valence-electron chi connectivity index (χ3n) is 9.28. The summed E-state index contributed by atoms with van der Waals surface area (Å²) in [7, 11) is 0. The Kier molecular flexibility index (Phi) is 7.07. The maximum absolute atomic E-state index is 2.43. The van der Waals surface area contributed by atoms with Gasteiger partial charge in [0.2, 0.25) is 0 Å². The second-order valence-corrected chi connectivity index (χ2v) is 13.1. The van der Waals surface area contributed by atoms with E-state index in [0.29, 0.717) is 0 Å². The normalized spacial score (nSPS) is 11.3. The predicted octanol–water partition coefficient (Wildman–Crippen LogP) is 13.7. The molecule has 0 radical (unpaired) electrons. The average molecular weight is 630 g/mol. The molecular formula is C46H31NS. The zero-order valence-electron chi connectivity index (χ0n) is 26.3. The summed E-state index contributed by atoms with van der Waals surface area (Å²) in [5.74, 6) is 0. The van der Waals surface area contributed by atoms with Crippen molar-refractivity contribution in [2.45, 2.75) is 0 Å². The highest BCUT2D eigenvalue weighted by atomic mass is 32.1. The summed E-state index contributed by atoms with van der Waals surface area (Å²) in [5.41, 5.74) is 10.8. The summed E-state index contributed by atoms with van der Waals surface area (Å²) in [4.78, 5) is 2.43. The molecule has 0 aliphatic rings. The van der Waals surface area contributed by atoms with Crippen molar-refractivity contribution in [2.75, 3.05) is 4.90 Å². The van der Waals surface area contributed by atoms with Gasteiger partial charge in [-0.3, -0.25) is 0 Å². The number of rotatable bonds is 6. The molecule has 0 amide bonds. The lowest BCUT2D eigenvalue weighted by Gasteiger charge is -2.27. The Bertz CT molecular complexity index is 2430. The first kappa shape index (κ1) is 28.3. The standard InChI is InChI=1S/C46H31NS/c1-4-12-32(13-5-1)34-20-25-38(26-21-34)47(39-27-22-35(23-28-39)33-14-6-2-7-15-33)43-31-30-41(36-16-8-3-9-17-36)46-44(43)42-29-24-37-18-10-11-19-40(37)45(42)48-46/h1-31H. The molecule has 0 spiro atoms. The van der Waals surface area contributed by atoms with Crippen LogP contribution in [0.15, 0.2) is 188 Å². The molecule has 0 aliphatic carbocycles. The Hall–Kier alpha value is -5.96. The molecule has 48 heavy (non-hydrogen) atoms. The monoisotopic (exact) mass is 629 g/mol. The van der Waals surface area contributed by atoms with Crippen LogP contribution in [0.25, 0.3) is 64.3 Å². The van der Waals surface area contributed by atoms with Gasteiger partial charge >= 0.3 is 0 Å². The average Bonchev–Trinajstić information content (AvgIpc) is 3.57. The Balaban J connectivity index is 1.30. The van der Waals surface area contributed by atoms with Gasteiger partial charge < -0.3 is 4.90 Å². The van der Waals surface area contributed by atoms with E-state index in [1.165, 1.54) is 70.0 Å². The van der Waals surface area contributed by atoms with Crippen molar-refractivity contribution in [3.05, 3.63) is 188 Å². The first-order chi connectivity index (χ1) is 23.8. The molecule has 0 unspecified atom stereocenters. The zero-order chi connectivity index (χ0) is 31.9. The first-order valence-corrected chi connectivity index (χ1v) is 17.2. The van der Waals surface area contributed by atoms with Gasteiger partial charge in [0.25, 0.3) is 0 Å². The van der Waals surface area contributed by atoms with Gasteiger partial charge in [0.15, 0.2) is 0 Å². The smallest absolute Gasteiger partial charge is 0.0555 e. The molecule has 0 N–H and O–H groups in total. The van der Waals surface area contributed by atoms with Crippen molar-refractivity contribution in [1.29, 1.82) is 0 Å². The van der Waals surface area contributed by atoms with Crippen LogP contribution in [0.4, 0.5) is 17.1 Å². The van der Waals surface area contributed by atoms with Gasteiger partial charge in [0, 0.05) is 31.5 Å². The van der Waals surface area contributed by atoms with Gasteiger partial charge in [0.05, 0.1) is 5.69 Å². The van der Waals surface area contributed by atoms with Gasteiger partial charge in [-0.15, -0.1) is 11.3 Å². The third-order valence-corrected chi connectivity index (χ3v) is 10.6. The minimum Gasteiger partial charge on any atom is -0.310 e. The number of benzene rings is 8. The van der Waals surface area contributed by atoms with Crippen LogP contribution in [-0.2, 0) is 0 Å². The van der Waals surface area contributed by atoms with Gasteiger partial charge in [-0.2, -0.15) is 0 Å². The van der Waals surface area contributed by atoms with Crippen LogP contribution in [0.1, 0.15) is 0 Å². The fourth-order valence-electron chi connectivity index (χ4n) is 6.92. The summed E-state index contributed by atoms with van der Waals surface area (Å²) < 4.78 is 2.63. The van der Waals surface area contributed by atoms with Crippen LogP contribution in [0, 0.1) is 0 Å². The molecule has 8 aromatic carbocycles. The molecule has 1 aromatic heterocycles. The lowest BCUT2D eigenvalue weighted by atomic mass is 9.98. The van der Waals surface area contributed by atoms with Crippen molar-refractivity contribution >= 4 is 59.3 Å². The molecular weight excluding hydrogens is 599 g/mol. The minimum atomic E-state index is 1.12. The lowest BCUT2D eigenvalue weighted by molar-refractivity contribution is 1.30. The predicted molar refractivity (Wildman–Crippen MR) is 208 cm³/mol. The van der Waals surface area contributed by atoms with Gasteiger partial charge in [-0.05, 0) is 74.5 Å². The van der Waals surface area contributed by atoms with Crippen molar-refractivity contribution in [3.63, 3.8) is 0 Å². The van der Waals surface area contributed by atoms with Crippen molar-refractivity contribution < 1.29 is 0 Å². The van der Waals surface area contributed by atoms with Gasteiger partial charge in [-0.25, -0.2) is 0 Å². The number of anilines is 3. The Labute approximate surface area is 284 Å². The zero-order valence-corrected chi connectivity index (χ0v) is 27.1. The second-order valence-electron chi connectivity index (χ2n) is 12.1. The van der Waals surface area contributed by atoms with Crippen LogP contribution >= 0.6 is 11.3 Å². The van der Waals surface area contributed by atoms with E-state index in [1.807, 2.05) is 11.3 Å². The fraction of sp³-hybridized carbons (Fsp3) is 0. The van der Waals surface area contributed by atoms with Crippen molar-refractivity contribution in [3.8, 4) is 33.4 Å². The van der Waals surface area contributed by atoms with Gasteiger partial charge in [0.1, 0.15) is 0 Å². The van der Waals surface area contributed by atoms with Crippen LogP contribution in [0.2, 0.25) is 0 Å². The lowest BCUT2D eigenvalue weighted by Crippen LogP contribution is -2.10. The molecule has 0 fully saturated rings. The van der Waals surface area contributed by atoms with E-state index in [2.05, 4.69) is 193 Å². The number of thiophene rings is 1. The number of hydrogen-bond donors (Lipinski definition) is 0. The SMILES string of the molecule is c1ccc(-c2ccc(N(c3ccc(-c4ccccc4)cc3)c3ccc(-c4ccccc4)c4sc5c6ccccc6ccc5c34)cc2)cc1. The molecule has 0 saturated heterocycles. The number of hydrogen-bond acceptors (Lipinski definition) is 2. The Morgan fingerprint density at radius 2 is 0.833 bits per heavy atom. The molecule has 1 nitrogen and oxygen atoms in total. The van der Waals surface area contributed by atoms with Crippen LogP contribution in [-0.4, -0.2) is 0 Å². The second kappa shape index (κ2) is 12.0. The molecule has 0 bridgehead atoms. The third kappa shape index (κ3) is 4.95. The fourth-order valence-corrected chi connectivity index (χ4v) is 8.31.